The van der Waals surface area contributed by atoms with Gasteiger partial charge in [0.25, 0.3) is 0 Å². The monoisotopic (exact) mass is 308 g/mol. The minimum absolute atomic E-state index is 0.311. The predicted octanol–water partition coefficient (Wildman–Crippen LogP) is 3.11. The number of anilines is 1. The Kier molecular flexibility index (Phi) is 2.41. The van der Waals surface area contributed by atoms with Crippen molar-refractivity contribution in [2.75, 3.05) is 5.73 Å². The molecule has 2 N–H and O–H groups in total. The molecule has 86 valence electrons. The fourth-order valence-corrected chi connectivity index (χ4v) is 2.94. The summed E-state index contributed by atoms with van der Waals surface area (Å²) in [5.41, 5.74) is 8.96. The Morgan fingerprint density at radius 2 is 2.24 bits per heavy atom. The smallest absolute Gasteiger partial charge is 0.241 e. The van der Waals surface area contributed by atoms with Crippen LogP contribution in [0.25, 0.3) is 16.2 Å². The molecule has 4 nitrogen and oxygen atoms in total. The quantitative estimate of drug-likeness (QED) is 0.751. The van der Waals surface area contributed by atoms with Crippen molar-refractivity contribution in [3.8, 4) is 11.3 Å². The van der Waals surface area contributed by atoms with E-state index in [2.05, 4.69) is 45.1 Å². The van der Waals surface area contributed by atoms with Gasteiger partial charge in [-0.15, -0.1) is 16.4 Å². The minimum atomic E-state index is 0.311. The lowest BCUT2D eigenvalue weighted by atomic mass is 10.1. The molecule has 1 aromatic carbocycles. The lowest BCUT2D eigenvalue weighted by molar-refractivity contribution is 0.990. The molecular weight excluding hydrogens is 300 g/mol. The van der Waals surface area contributed by atoms with Crippen LogP contribution < -0.4 is 5.73 Å². The summed E-state index contributed by atoms with van der Waals surface area (Å²) in [6, 6.07) is 6.18. The van der Waals surface area contributed by atoms with Crippen molar-refractivity contribution in [2.45, 2.75) is 6.92 Å². The molecule has 0 atom stereocenters. The Labute approximate surface area is 110 Å². The molecule has 0 spiro atoms. The summed E-state index contributed by atoms with van der Waals surface area (Å²) in [5, 5.41) is 6.24. The highest BCUT2D eigenvalue weighted by Gasteiger charge is 2.12. The van der Waals surface area contributed by atoms with Crippen LogP contribution in [0.4, 0.5) is 5.95 Å². The SMILES string of the molecule is Cc1ccc(Br)cc1-c1csc2nc(N)nn12. The second-order valence-electron chi connectivity index (χ2n) is 3.74. The molecule has 0 bridgehead atoms. The Morgan fingerprint density at radius 3 is 3.06 bits per heavy atom. The summed E-state index contributed by atoms with van der Waals surface area (Å²) in [4.78, 5) is 4.96. The van der Waals surface area contributed by atoms with Crippen molar-refractivity contribution < 1.29 is 0 Å². The van der Waals surface area contributed by atoms with Crippen molar-refractivity contribution in [1.82, 2.24) is 14.6 Å². The molecule has 3 rings (SSSR count). The fraction of sp³-hybridized carbons (Fsp3) is 0.0909. The van der Waals surface area contributed by atoms with Crippen molar-refractivity contribution in [1.29, 1.82) is 0 Å². The number of aryl methyl sites for hydroxylation is 1. The molecule has 2 heterocycles. The van der Waals surface area contributed by atoms with Crippen molar-refractivity contribution in [2.24, 2.45) is 0 Å². The van der Waals surface area contributed by atoms with E-state index >= 15 is 0 Å². The van der Waals surface area contributed by atoms with E-state index in [1.807, 2.05) is 11.4 Å². The standard InChI is InChI=1S/C11H9BrN4S/c1-6-2-3-7(12)4-8(6)9-5-17-11-14-10(13)15-16(9)11/h2-5H,1H3,(H2,13,15). The highest BCUT2D eigenvalue weighted by Crippen LogP contribution is 2.30. The lowest BCUT2D eigenvalue weighted by Crippen LogP contribution is -1.92. The zero-order valence-corrected chi connectivity index (χ0v) is 11.4. The fourth-order valence-electron chi connectivity index (χ4n) is 1.75. The molecule has 0 radical (unpaired) electrons. The molecule has 0 fully saturated rings. The van der Waals surface area contributed by atoms with Crippen LogP contribution in [0.1, 0.15) is 5.56 Å². The van der Waals surface area contributed by atoms with Crippen LogP contribution in [0.5, 0.6) is 0 Å². The number of hydrogen-bond donors (Lipinski definition) is 1. The van der Waals surface area contributed by atoms with Gasteiger partial charge in [-0.1, -0.05) is 22.0 Å². The van der Waals surface area contributed by atoms with Gasteiger partial charge >= 0.3 is 0 Å². The maximum absolute atomic E-state index is 5.60. The van der Waals surface area contributed by atoms with E-state index in [4.69, 9.17) is 5.73 Å². The number of halogens is 1. The van der Waals surface area contributed by atoms with E-state index in [0.29, 0.717) is 5.95 Å². The van der Waals surface area contributed by atoms with Crippen molar-refractivity contribution in [3.63, 3.8) is 0 Å². The van der Waals surface area contributed by atoms with Gasteiger partial charge in [0, 0.05) is 15.4 Å². The molecule has 6 heteroatoms. The van der Waals surface area contributed by atoms with E-state index < -0.39 is 0 Å². The van der Waals surface area contributed by atoms with Crippen LogP contribution in [0, 0.1) is 6.92 Å². The summed E-state index contributed by atoms with van der Waals surface area (Å²) in [6.45, 7) is 2.07. The molecule has 0 amide bonds. The van der Waals surface area contributed by atoms with Gasteiger partial charge in [-0.05, 0) is 24.6 Å². The zero-order valence-electron chi connectivity index (χ0n) is 9.01. The normalized spacial score (nSPS) is 11.2. The molecule has 0 unspecified atom stereocenters. The summed E-state index contributed by atoms with van der Waals surface area (Å²) in [6.07, 6.45) is 0. The summed E-state index contributed by atoms with van der Waals surface area (Å²) in [7, 11) is 0. The Balaban J connectivity index is 2.29. The number of nitrogens with zero attached hydrogens (tertiary/aromatic N) is 3. The highest BCUT2D eigenvalue weighted by molar-refractivity contribution is 9.10. The molecule has 0 saturated carbocycles. The van der Waals surface area contributed by atoms with E-state index in [-0.39, 0.29) is 0 Å². The largest absolute Gasteiger partial charge is 0.366 e. The van der Waals surface area contributed by atoms with Gasteiger partial charge in [-0.3, -0.25) is 0 Å². The maximum Gasteiger partial charge on any atom is 0.241 e. The number of nitrogen functional groups attached to an aromatic ring is 1. The second kappa shape index (κ2) is 3.82. The first-order chi connectivity index (χ1) is 8.15. The first-order valence-electron chi connectivity index (χ1n) is 5.01. The summed E-state index contributed by atoms with van der Waals surface area (Å²) < 4.78 is 2.83. The van der Waals surface area contributed by atoms with E-state index in [0.717, 1.165) is 20.7 Å². The Morgan fingerprint density at radius 1 is 1.41 bits per heavy atom. The average molecular weight is 309 g/mol. The van der Waals surface area contributed by atoms with E-state index in [9.17, 15) is 0 Å². The van der Waals surface area contributed by atoms with Crippen LogP contribution in [0.2, 0.25) is 0 Å². The molecule has 0 aliphatic heterocycles. The maximum atomic E-state index is 5.60. The van der Waals surface area contributed by atoms with Crippen LogP contribution in [-0.4, -0.2) is 14.6 Å². The number of benzene rings is 1. The molecule has 0 aliphatic carbocycles. The van der Waals surface area contributed by atoms with Gasteiger partial charge in [0.15, 0.2) is 0 Å². The number of hydrogen-bond acceptors (Lipinski definition) is 4. The number of aromatic nitrogens is 3. The molecular formula is C11H9BrN4S. The third-order valence-corrected chi connectivity index (χ3v) is 3.88. The van der Waals surface area contributed by atoms with Gasteiger partial charge in [0.05, 0.1) is 5.69 Å². The molecule has 3 aromatic rings. The van der Waals surface area contributed by atoms with E-state index in [1.54, 1.807) is 4.52 Å². The van der Waals surface area contributed by atoms with E-state index in [1.165, 1.54) is 16.9 Å². The third-order valence-electron chi connectivity index (χ3n) is 2.57. The van der Waals surface area contributed by atoms with Gasteiger partial charge < -0.3 is 5.73 Å². The first kappa shape index (κ1) is 10.7. The molecule has 0 aliphatic rings. The van der Waals surface area contributed by atoms with Gasteiger partial charge in [0.2, 0.25) is 10.9 Å². The topological polar surface area (TPSA) is 56.2 Å². The van der Waals surface area contributed by atoms with Crippen LogP contribution in [-0.2, 0) is 0 Å². The number of fused-ring (bicyclic) bond motifs is 1. The highest BCUT2D eigenvalue weighted by atomic mass is 79.9. The first-order valence-corrected chi connectivity index (χ1v) is 6.68. The van der Waals surface area contributed by atoms with Crippen LogP contribution in [0.15, 0.2) is 28.1 Å². The predicted molar refractivity (Wildman–Crippen MR) is 73.1 cm³/mol. The number of nitrogens with two attached hydrogens (primary N) is 1. The number of thiazole rings is 1. The van der Waals surface area contributed by atoms with Crippen LogP contribution >= 0.6 is 27.3 Å². The van der Waals surface area contributed by atoms with Crippen molar-refractivity contribution >= 4 is 38.2 Å². The Bertz CT molecular complexity index is 701. The third kappa shape index (κ3) is 1.73. The summed E-state index contributed by atoms with van der Waals surface area (Å²) in [5.74, 6) is 0.311. The molecule has 2 aromatic heterocycles. The zero-order chi connectivity index (χ0) is 12.0. The summed E-state index contributed by atoms with van der Waals surface area (Å²) >= 11 is 5.02. The molecule has 0 saturated heterocycles. The Hall–Kier alpha value is -1.40. The second-order valence-corrected chi connectivity index (χ2v) is 5.50. The van der Waals surface area contributed by atoms with Gasteiger partial charge in [-0.25, -0.2) is 4.52 Å². The van der Waals surface area contributed by atoms with Crippen molar-refractivity contribution in [3.05, 3.63) is 33.6 Å². The number of rotatable bonds is 1. The van der Waals surface area contributed by atoms with Gasteiger partial charge in [-0.2, -0.15) is 4.98 Å². The molecule has 17 heavy (non-hydrogen) atoms. The van der Waals surface area contributed by atoms with Crippen LogP contribution in [0.3, 0.4) is 0 Å². The average Bonchev–Trinajstić information content (AvgIpc) is 2.80. The van der Waals surface area contributed by atoms with Gasteiger partial charge in [0.1, 0.15) is 0 Å². The minimum Gasteiger partial charge on any atom is -0.366 e. The lowest BCUT2D eigenvalue weighted by Gasteiger charge is -2.04.